The second-order valence-electron chi connectivity index (χ2n) is 3.61. The summed E-state index contributed by atoms with van der Waals surface area (Å²) in [4.78, 5) is 24.9. The first-order valence-corrected chi connectivity index (χ1v) is 6.36. The zero-order valence-corrected chi connectivity index (χ0v) is 11.8. The molecule has 2 rings (SSSR count). The number of nitrogens with one attached hydrogen (secondary N) is 1. The number of aromatic nitrogens is 2. The molecule has 2 aromatic rings. The normalized spacial score (nSPS) is 10.6. The Morgan fingerprint density at radius 1 is 1.39 bits per heavy atom. The van der Waals surface area contributed by atoms with Gasteiger partial charge in [-0.15, -0.1) is 0 Å². The minimum atomic E-state index is -0.540. The van der Waals surface area contributed by atoms with Gasteiger partial charge in [0.2, 0.25) is 0 Å². The van der Waals surface area contributed by atoms with E-state index in [2.05, 4.69) is 4.98 Å². The average Bonchev–Trinajstić information content (AvgIpc) is 2.31. The van der Waals surface area contributed by atoms with Gasteiger partial charge < -0.3 is 0 Å². The topological polar surface area (TPSA) is 54.9 Å². The standard InChI is InChI=1S/C11H7ClFIN2O2/c12-7-2-1-6(3-8(7)13)4-16-5-9(14)10(17)15-11(16)18/h1-3,5H,4H2,(H,15,17,18). The quantitative estimate of drug-likeness (QED) is 0.810. The summed E-state index contributed by atoms with van der Waals surface area (Å²) in [5, 5.41) is 0.0298. The first kappa shape index (κ1) is 13.3. The molecule has 0 saturated heterocycles. The molecule has 7 heteroatoms. The van der Waals surface area contributed by atoms with Crippen molar-refractivity contribution in [2.24, 2.45) is 0 Å². The van der Waals surface area contributed by atoms with Gasteiger partial charge in [-0.25, -0.2) is 9.18 Å². The Kier molecular flexibility index (Phi) is 3.86. The lowest BCUT2D eigenvalue weighted by atomic mass is 10.2. The molecule has 0 amide bonds. The second kappa shape index (κ2) is 5.23. The Morgan fingerprint density at radius 2 is 2.11 bits per heavy atom. The molecule has 0 saturated carbocycles. The summed E-state index contributed by atoms with van der Waals surface area (Å²) in [6.07, 6.45) is 1.42. The lowest BCUT2D eigenvalue weighted by Crippen LogP contribution is -2.31. The monoisotopic (exact) mass is 380 g/mol. The number of hydrogen-bond donors (Lipinski definition) is 1. The molecule has 0 spiro atoms. The summed E-state index contributed by atoms with van der Waals surface area (Å²) < 4.78 is 14.9. The average molecular weight is 381 g/mol. The lowest BCUT2D eigenvalue weighted by molar-refractivity contribution is 0.622. The van der Waals surface area contributed by atoms with Crippen molar-refractivity contribution in [2.75, 3.05) is 0 Å². The first-order valence-electron chi connectivity index (χ1n) is 4.90. The van der Waals surface area contributed by atoms with Crippen LogP contribution in [-0.4, -0.2) is 9.55 Å². The molecule has 0 aliphatic heterocycles. The maximum atomic E-state index is 13.2. The fraction of sp³-hybridized carbons (Fsp3) is 0.0909. The van der Waals surface area contributed by atoms with Gasteiger partial charge in [0.05, 0.1) is 15.1 Å². The van der Waals surface area contributed by atoms with Crippen LogP contribution in [-0.2, 0) is 6.54 Å². The van der Waals surface area contributed by atoms with Crippen molar-refractivity contribution in [3.8, 4) is 0 Å². The fourth-order valence-electron chi connectivity index (χ4n) is 1.43. The first-order chi connectivity index (χ1) is 8.47. The van der Waals surface area contributed by atoms with Gasteiger partial charge in [0.25, 0.3) is 5.56 Å². The SMILES string of the molecule is O=c1[nH]c(=O)n(Cc2ccc(Cl)c(F)c2)cc1I. The molecule has 1 N–H and O–H groups in total. The molecule has 1 aromatic heterocycles. The Hall–Kier alpha value is -1.15. The van der Waals surface area contributed by atoms with Crippen molar-refractivity contribution in [2.45, 2.75) is 6.54 Å². The van der Waals surface area contributed by atoms with Crippen LogP contribution in [0.4, 0.5) is 4.39 Å². The molecule has 0 atom stereocenters. The number of benzene rings is 1. The van der Waals surface area contributed by atoms with E-state index in [4.69, 9.17) is 11.6 Å². The van der Waals surface area contributed by atoms with Crippen LogP contribution in [0.3, 0.4) is 0 Å². The molecule has 0 fully saturated rings. The van der Waals surface area contributed by atoms with Gasteiger partial charge >= 0.3 is 5.69 Å². The highest BCUT2D eigenvalue weighted by Crippen LogP contribution is 2.15. The van der Waals surface area contributed by atoms with E-state index in [1.165, 1.54) is 22.9 Å². The fourth-order valence-corrected chi connectivity index (χ4v) is 2.02. The molecule has 0 unspecified atom stereocenters. The van der Waals surface area contributed by atoms with E-state index in [1.54, 1.807) is 6.07 Å². The molecule has 18 heavy (non-hydrogen) atoms. The van der Waals surface area contributed by atoms with Gasteiger partial charge in [0.1, 0.15) is 5.82 Å². The molecule has 0 aliphatic carbocycles. The molecular weight excluding hydrogens is 373 g/mol. The van der Waals surface area contributed by atoms with Crippen LogP contribution in [0.1, 0.15) is 5.56 Å². The number of rotatable bonds is 2. The maximum Gasteiger partial charge on any atom is 0.328 e. The maximum absolute atomic E-state index is 13.2. The van der Waals surface area contributed by atoms with E-state index >= 15 is 0 Å². The summed E-state index contributed by atoms with van der Waals surface area (Å²) in [5.74, 6) is -0.540. The Balaban J connectivity index is 2.40. The highest BCUT2D eigenvalue weighted by atomic mass is 127. The van der Waals surface area contributed by atoms with Gasteiger partial charge in [-0.05, 0) is 40.3 Å². The van der Waals surface area contributed by atoms with Crippen LogP contribution in [0.25, 0.3) is 0 Å². The molecule has 0 radical (unpaired) electrons. The largest absolute Gasteiger partial charge is 0.328 e. The zero-order valence-electron chi connectivity index (χ0n) is 8.91. The van der Waals surface area contributed by atoms with E-state index in [0.717, 1.165) is 0 Å². The molecule has 0 bridgehead atoms. The van der Waals surface area contributed by atoms with Gasteiger partial charge in [-0.1, -0.05) is 17.7 Å². The number of hydrogen-bond acceptors (Lipinski definition) is 2. The second-order valence-corrected chi connectivity index (χ2v) is 5.18. The molecule has 1 aromatic carbocycles. The minimum Gasteiger partial charge on any atom is -0.295 e. The number of nitrogens with zero attached hydrogens (tertiary/aromatic N) is 1. The van der Waals surface area contributed by atoms with Crippen LogP contribution in [0.15, 0.2) is 34.0 Å². The zero-order chi connectivity index (χ0) is 13.3. The van der Waals surface area contributed by atoms with Crippen LogP contribution in [0.2, 0.25) is 5.02 Å². The predicted octanol–water partition coefficient (Wildman–Crippen LogP) is 1.98. The highest BCUT2D eigenvalue weighted by Gasteiger charge is 2.05. The van der Waals surface area contributed by atoms with Crippen molar-refractivity contribution in [3.05, 3.63) is 65.2 Å². The summed E-state index contributed by atoms with van der Waals surface area (Å²) >= 11 is 7.39. The van der Waals surface area contributed by atoms with E-state index in [-0.39, 0.29) is 11.6 Å². The third kappa shape index (κ3) is 2.81. The summed E-state index contributed by atoms with van der Waals surface area (Å²) in [7, 11) is 0. The van der Waals surface area contributed by atoms with Crippen molar-refractivity contribution >= 4 is 34.2 Å². The highest BCUT2D eigenvalue weighted by molar-refractivity contribution is 14.1. The smallest absolute Gasteiger partial charge is 0.295 e. The molecule has 0 aliphatic rings. The van der Waals surface area contributed by atoms with Crippen molar-refractivity contribution in [1.29, 1.82) is 0 Å². The number of H-pyrrole nitrogens is 1. The van der Waals surface area contributed by atoms with Crippen molar-refractivity contribution in [1.82, 2.24) is 9.55 Å². The third-order valence-corrected chi connectivity index (χ3v) is 3.38. The molecular formula is C11H7ClFIN2O2. The van der Waals surface area contributed by atoms with Gasteiger partial charge in [-0.2, -0.15) is 0 Å². The van der Waals surface area contributed by atoms with Crippen molar-refractivity contribution in [3.63, 3.8) is 0 Å². The van der Waals surface area contributed by atoms with Crippen LogP contribution >= 0.6 is 34.2 Å². The van der Waals surface area contributed by atoms with Gasteiger partial charge in [0, 0.05) is 6.20 Å². The summed E-state index contributed by atoms with van der Waals surface area (Å²) in [6.45, 7) is 0.166. The Bertz CT molecular complexity index is 711. The van der Waals surface area contributed by atoms with Crippen molar-refractivity contribution < 1.29 is 4.39 Å². The van der Waals surface area contributed by atoms with Crippen LogP contribution in [0, 0.1) is 9.39 Å². The lowest BCUT2D eigenvalue weighted by Gasteiger charge is -2.06. The van der Waals surface area contributed by atoms with E-state index < -0.39 is 17.1 Å². The number of aromatic amines is 1. The predicted molar refractivity (Wildman–Crippen MR) is 74.6 cm³/mol. The molecule has 94 valence electrons. The third-order valence-electron chi connectivity index (χ3n) is 2.30. The van der Waals surface area contributed by atoms with Gasteiger partial charge in [-0.3, -0.25) is 14.3 Å². The Labute approximate surface area is 120 Å². The van der Waals surface area contributed by atoms with E-state index in [1.807, 2.05) is 22.6 Å². The minimum absolute atomic E-state index is 0.0298. The van der Waals surface area contributed by atoms with E-state index in [9.17, 15) is 14.0 Å². The van der Waals surface area contributed by atoms with Crippen LogP contribution in [0.5, 0.6) is 0 Å². The summed E-state index contributed by atoms with van der Waals surface area (Å²) in [6, 6.07) is 4.30. The van der Waals surface area contributed by atoms with E-state index in [0.29, 0.717) is 9.13 Å². The number of halogens is 3. The van der Waals surface area contributed by atoms with Crippen LogP contribution < -0.4 is 11.2 Å². The van der Waals surface area contributed by atoms with Gasteiger partial charge in [0.15, 0.2) is 0 Å². The Morgan fingerprint density at radius 3 is 2.78 bits per heavy atom. The molecule has 4 nitrogen and oxygen atoms in total. The summed E-state index contributed by atoms with van der Waals surface area (Å²) in [5.41, 5.74) is -0.378. The molecule has 1 heterocycles.